The molecule has 0 saturated carbocycles. The highest BCUT2D eigenvalue weighted by Gasteiger charge is 2.15. The molecule has 1 aromatic heterocycles. The minimum Gasteiger partial charge on any atom is -0.481 e. The second-order valence-electron chi connectivity index (χ2n) is 2.44. The molecule has 3 N–H and O–H groups in total. The minimum absolute atomic E-state index is 0.0131. The normalized spacial score (nSPS) is 9.57. The van der Waals surface area contributed by atoms with Crippen LogP contribution in [-0.4, -0.2) is 30.3 Å². The Morgan fingerprint density at radius 1 is 1.50 bits per heavy atom. The number of anilines is 1. The van der Waals surface area contributed by atoms with Gasteiger partial charge in [-0.1, -0.05) is 0 Å². The maximum atomic E-state index is 10.7. The van der Waals surface area contributed by atoms with Crippen LogP contribution in [0.4, 0.5) is 5.69 Å². The lowest BCUT2D eigenvalue weighted by molar-refractivity contribution is 0.0697. The van der Waals surface area contributed by atoms with Crippen LogP contribution in [-0.2, 0) is 0 Å². The van der Waals surface area contributed by atoms with Gasteiger partial charge >= 0.3 is 5.97 Å². The van der Waals surface area contributed by atoms with E-state index < -0.39 is 5.97 Å². The quantitative estimate of drug-likeness (QED) is 0.729. The molecule has 1 rings (SSSR count). The van der Waals surface area contributed by atoms with Crippen LogP contribution in [0.3, 0.4) is 0 Å². The number of carboxylic acid groups (broad SMARTS) is 1. The van der Waals surface area contributed by atoms with Crippen LogP contribution < -0.4 is 15.2 Å². The minimum atomic E-state index is -1.15. The lowest BCUT2D eigenvalue weighted by Crippen LogP contribution is -2.06. The van der Waals surface area contributed by atoms with Crippen LogP contribution in [0.25, 0.3) is 0 Å². The molecule has 0 amide bonds. The smallest absolute Gasteiger partial charge is 0.338 e. The maximum Gasteiger partial charge on any atom is 0.338 e. The SMILES string of the molecule is COc1cc(C(=O)O)c(N)c(OC)n1. The molecule has 76 valence electrons. The van der Waals surface area contributed by atoms with Gasteiger partial charge < -0.3 is 20.3 Å². The number of hydrogen-bond acceptors (Lipinski definition) is 5. The Labute approximate surface area is 80.3 Å². The number of nitrogen functional groups attached to an aromatic ring is 1. The standard InChI is InChI=1S/C8H10N2O4/c1-13-5-3-4(8(11)12)6(9)7(10-5)14-2/h3H,9H2,1-2H3,(H,11,12). The first-order valence-electron chi connectivity index (χ1n) is 3.72. The Hall–Kier alpha value is -1.98. The number of aromatic carboxylic acids is 1. The van der Waals surface area contributed by atoms with Crippen molar-refractivity contribution in [2.75, 3.05) is 20.0 Å². The van der Waals surface area contributed by atoms with Crippen molar-refractivity contribution in [2.24, 2.45) is 0 Å². The molecule has 0 bridgehead atoms. The molecule has 1 heterocycles. The van der Waals surface area contributed by atoms with Gasteiger partial charge in [0.2, 0.25) is 11.8 Å². The fourth-order valence-corrected chi connectivity index (χ4v) is 0.946. The average molecular weight is 198 g/mol. The third kappa shape index (κ3) is 1.68. The van der Waals surface area contributed by atoms with Gasteiger partial charge in [0, 0.05) is 6.07 Å². The van der Waals surface area contributed by atoms with Crippen LogP contribution in [0.1, 0.15) is 10.4 Å². The van der Waals surface area contributed by atoms with Gasteiger partial charge in [0.15, 0.2) is 0 Å². The van der Waals surface area contributed by atoms with Crippen molar-refractivity contribution in [3.8, 4) is 11.8 Å². The highest BCUT2D eigenvalue weighted by atomic mass is 16.5. The number of methoxy groups -OCH3 is 2. The molecule has 0 aliphatic rings. The van der Waals surface area contributed by atoms with Crippen molar-refractivity contribution in [1.82, 2.24) is 4.98 Å². The molecule has 6 nitrogen and oxygen atoms in total. The van der Waals surface area contributed by atoms with Gasteiger partial charge in [0.25, 0.3) is 0 Å². The van der Waals surface area contributed by atoms with E-state index in [2.05, 4.69) is 4.98 Å². The van der Waals surface area contributed by atoms with Crippen LogP contribution >= 0.6 is 0 Å². The van der Waals surface area contributed by atoms with E-state index in [9.17, 15) is 4.79 Å². The lowest BCUT2D eigenvalue weighted by atomic mass is 10.2. The summed E-state index contributed by atoms with van der Waals surface area (Å²) in [6, 6.07) is 1.24. The van der Waals surface area contributed by atoms with Gasteiger partial charge in [-0.3, -0.25) is 0 Å². The van der Waals surface area contributed by atoms with Crippen molar-refractivity contribution >= 4 is 11.7 Å². The van der Waals surface area contributed by atoms with Crippen LogP contribution in [0.15, 0.2) is 6.07 Å². The Morgan fingerprint density at radius 3 is 2.57 bits per heavy atom. The molecule has 0 spiro atoms. The number of pyridine rings is 1. The summed E-state index contributed by atoms with van der Waals surface area (Å²) in [5.74, 6) is -0.961. The lowest BCUT2D eigenvalue weighted by Gasteiger charge is -2.08. The number of aromatic nitrogens is 1. The van der Waals surface area contributed by atoms with Crippen LogP contribution in [0.2, 0.25) is 0 Å². The molecular formula is C8H10N2O4. The number of ether oxygens (including phenoxy) is 2. The number of hydrogen-bond donors (Lipinski definition) is 2. The number of nitrogens with zero attached hydrogens (tertiary/aromatic N) is 1. The van der Waals surface area contributed by atoms with Gasteiger partial charge in [-0.25, -0.2) is 4.79 Å². The van der Waals surface area contributed by atoms with Crippen molar-refractivity contribution in [2.45, 2.75) is 0 Å². The zero-order valence-electron chi connectivity index (χ0n) is 7.77. The first-order valence-corrected chi connectivity index (χ1v) is 3.72. The molecule has 0 fully saturated rings. The summed E-state index contributed by atoms with van der Waals surface area (Å²) in [6.07, 6.45) is 0. The molecule has 0 aliphatic heterocycles. The zero-order valence-corrected chi connectivity index (χ0v) is 7.77. The van der Waals surface area contributed by atoms with E-state index in [1.165, 1.54) is 20.3 Å². The zero-order chi connectivity index (χ0) is 10.7. The van der Waals surface area contributed by atoms with Gasteiger partial charge in [-0.2, -0.15) is 4.98 Å². The summed E-state index contributed by atoms with van der Waals surface area (Å²) in [5, 5.41) is 8.79. The highest BCUT2D eigenvalue weighted by Crippen LogP contribution is 2.26. The first-order chi connectivity index (χ1) is 6.60. The summed E-state index contributed by atoms with van der Waals surface area (Å²) >= 11 is 0. The van der Waals surface area contributed by atoms with Gasteiger partial charge in [0.05, 0.1) is 19.8 Å². The molecule has 0 aliphatic carbocycles. The van der Waals surface area contributed by atoms with Gasteiger partial charge in [-0.05, 0) is 0 Å². The predicted molar refractivity (Wildman–Crippen MR) is 48.7 cm³/mol. The molecule has 0 unspecified atom stereocenters. The van der Waals surface area contributed by atoms with Gasteiger partial charge in [0.1, 0.15) is 5.69 Å². The summed E-state index contributed by atoms with van der Waals surface area (Å²) in [4.78, 5) is 14.6. The molecule has 0 radical (unpaired) electrons. The topological polar surface area (TPSA) is 94.7 Å². The second-order valence-corrected chi connectivity index (χ2v) is 2.44. The Balaban J connectivity index is 3.34. The van der Waals surface area contributed by atoms with E-state index in [4.69, 9.17) is 20.3 Å². The van der Waals surface area contributed by atoms with Crippen molar-refractivity contribution in [3.05, 3.63) is 11.6 Å². The summed E-state index contributed by atoms with van der Waals surface area (Å²) in [7, 11) is 2.73. The van der Waals surface area contributed by atoms with E-state index in [0.29, 0.717) is 0 Å². The van der Waals surface area contributed by atoms with E-state index >= 15 is 0 Å². The molecular weight excluding hydrogens is 188 g/mol. The summed E-state index contributed by atoms with van der Waals surface area (Å²) in [5.41, 5.74) is 5.39. The number of rotatable bonds is 3. The Bertz CT molecular complexity index is 365. The fourth-order valence-electron chi connectivity index (χ4n) is 0.946. The molecule has 0 saturated heterocycles. The monoisotopic (exact) mass is 198 g/mol. The second kappa shape index (κ2) is 3.82. The predicted octanol–water partition coefficient (Wildman–Crippen LogP) is 0.379. The third-order valence-corrected chi connectivity index (χ3v) is 1.63. The number of nitrogens with two attached hydrogens (primary N) is 1. The Kier molecular flexibility index (Phi) is 2.76. The summed E-state index contributed by atoms with van der Waals surface area (Å²) < 4.78 is 9.59. The molecule has 6 heteroatoms. The van der Waals surface area contributed by atoms with Crippen molar-refractivity contribution < 1.29 is 19.4 Å². The van der Waals surface area contributed by atoms with E-state index in [0.717, 1.165) is 0 Å². The highest BCUT2D eigenvalue weighted by molar-refractivity contribution is 5.95. The number of carboxylic acids is 1. The van der Waals surface area contributed by atoms with Crippen LogP contribution in [0.5, 0.6) is 11.8 Å². The molecule has 0 aromatic carbocycles. The van der Waals surface area contributed by atoms with E-state index in [-0.39, 0.29) is 23.0 Å². The van der Waals surface area contributed by atoms with E-state index in [1.54, 1.807) is 0 Å². The molecule has 1 aromatic rings. The molecule has 14 heavy (non-hydrogen) atoms. The first kappa shape index (κ1) is 10.1. The fraction of sp³-hybridized carbons (Fsp3) is 0.250. The number of carbonyl (C=O) groups is 1. The van der Waals surface area contributed by atoms with Crippen molar-refractivity contribution in [1.29, 1.82) is 0 Å². The molecule has 0 atom stereocenters. The van der Waals surface area contributed by atoms with E-state index in [1.807, 2.05) is 0 Å². The summed E-state index contributed by atoms with van der Waals surface area (Å²) in [6.45, 7) is 0. The average Bonchev–Trinajstić information content (AvgIpc) is 2.17. The maximum absolute atomic E-state index is 10.7. The van der Waals surface area contributed by atoms with Crippen molar-refractivity contribution in [3.63, 3.8) is 0 Å². The Morgan fingerprint density at radius 2 is 2.14 bits per heavy atom. The van der Waals surface area contributed by atoms with Crippen LogP contribution in [0, 0.1) is 0 Å². The third-order valence-electron chi connectivity index (χ3n) is 1.63. The van der Waals surface area contributed by atoms with Gasteiger partial charge in [-0.15, -0.1) is 0 Å². The largest absolute Gasteiger partial charge is 0.481 e.